The summed E-state index contributed by atoms with van der Waals surface area (Å²) < 4.78 is 16.4. The summed E-state index contributed by atoms with van der Waals surface area (Å²) in [6, 6.07) is 11.5. The number of esters is 1. The lowest BCUT2D eigenvalue weighted by atomic mass is 10.2. The number of morpholine rings is 1. The predicted octanol–water partition coefficient (Wildman–Crippen LogP) is 3.33. The maximum absolute atomic E-state index is 12.3. The lowest BCUT2D eigenvalue weighted by Gasteiger charge is -2.27. The highest BCUT2D eigenvalue weighted by atomic mass is 32.1. The van der Waals surface area contributed by atoms with Crippen molar-refractivity contribution in [2.75, 3.05) is 37.8 Å². The molecule has 27 heavy (non-hydrogen) atoms. The standard InChI is InChI=1S/C20H20N2O4S/c1-2-25-17-6-4-3-5-15(17)19-21-16(20(23)26-19)13-14-7-8-18(27-14)22-9-11-24-12-10-22/h3-8,13H,2,9-12H2,1H3. The number of hydrogen-bond acceptors (Lipinski definition) is 7. The SMILES string of the molecule is CCOc1ccccc1C1=NC(=Cc2ccc(N3CCOCC3)s2)C(=O)O1. The lowest BCUT2D eigenvalue weighted by molar-refractivity contribution is -0.129. The number of rotatable bonds is 5. The number of ether oxygens (including phenoxy) is 3. The smallest absolute Gasteiger partial charge is 0.363 e. The van der Waals surface area contributed by atoms with Crippen LogP contribution in [-0.2, 0) is 14.3 Å². The molecule has 4 rings (SSSR count). The number of para-hydroxylation sites is 1. The minimum atomic E-state index is -0.447. The second kappa shape index (κ2) is 7.94. The lowest BCUT2D eigenvalue weighted by Crippen LogP contribution is -2.35. The fourth-order valence-corrected chi connectivity index (χ4v) is 3.95. The highest BCUT2D eigenvalue weighted by Crippen LogP contribution is 2.30. The Hall–Kier alpha value is -2.64. The van der Waals surface area contributed by atoms with Gasteiger partial charge in [0.25, 0.3) is 0 Å². The second-order valence-electron chi connectivity index (χ2n) is 6.04. The molecule has 2 aromatic rings. The fourth-order valence-electron chi connectivity index (χ4n) is 2.96. The van der Waals surface area contributed by atoms with E-state index in [-0.39, 0.29) is 5.90 Å². The molecule has 0 radical (unpaired) electrons. The van der Waals surface area contributed by atoms with Crippen LogP contribution in [0.4, 0.5) is 5.00 Å². The van der Waals surface area contributed by atoms with Crippen LogP contribution in [0.2, 0.25) is 0 Å². The normalized spacial score (nSPS) is 18.6. The van der Waals surface area contributed by atoms with Crippen molar-refractivity contribution in [3.05, 3.63) is 52.5 Å². The van der Waals surface area contributed by atoms with Gasteiger partial charge in [0.05, 0.1) is 30.4 Å². The van der Waals surface area contributed by atoms with Crippen LogP contribution in [0.15, 0.2) is 47.1 Å². The molecule has 1 fully saturated rings. The van der Waals surface area contributed by atoms with Gasteiger partial charge in [0.15, 0.2) is 5.70 Å². The van der Waals surface area contributed by atoms with E-state index in [1.54, 1.807) is 17.4 Å². The van der Waals surface area contributed by atoms with E-state index in [2.05, 4.69) is 16.0 Å². The van der Waals surface area contributed by atoms with Crippen molar-refractivity contribution in [1.29, 1.82) is 0 Å². The van der Waals surface area contributed by atoms with Gasteiger partial charge < -0.3 is 19.1 Å². The van der Waals surface area contributed by atoms with E-state index in [1.807, 2.05) is 37.3 Å². The number of thiophene rings is 1. The third-order valence-electron chi connectivity index (χ3n) is 4.25. The number of aliphatic imine (C=N–C) groups is 1. The van der Waals surface area contributed by atoms with E-state index >= 15 is 0 Å². The van der Waals surface area contributed by atoms with Crippen LogP contribution in [-0.4, -0.2) is 44.8 Å². The highest BCUT2D eigenvalue weighted by molar-refractivity contribution is 7.16. The fraction of sp³-hybridized carbons (Fsp3) is 0.300. The molecular formula is C20H20N2O4S. The van der Waals surface area contributed by atoms with Crippen molar-refractivity contribution in [2.45, 2.75) is 6.92 Å². The molecule has 0 amide bonds. The molecule has 2 aliphatic rings. The molecule has 0 spiro atoms. The summed E-state index contributed by atoms with van der Waals surface area (Å²) in [7, 11) is 0. The van der Waals surface area contributed by atoms with Crippen LogP contribution in [0, 0.1) is 0 Å². The maximum atomic E-state index is 12.3. The first kappa shape index (κ1) is 17.8. The van der Waals surface area contributed by atoms with Gasteiger partial charge in [-0.05, 0) is 37.3 Å². The molecule has 7 heteroatoms. The van der Waals surface area contributed by atoms with Gasteiger partial charge in [-0.2, -0.15) is 0 Å². The average molecular weight is 384 g/mol. The number of carbonyl (C=O) groups excluding carboxylic acids is 1. The van der Waals surface area contributed by atoms with E-state index < -0.39 is 5.97 Å². The molecule has 140 valence electrons. The second-order valence-corrected chi connectivity index (χ2v) is 7.13. The average Bonchev–Trinajstić information content (AvgIpc) is 3.31. The molecule has 1 aromatic heterocycles. The van der Waals surface area contributed by atoms with Crippen molar-refractivity contribution >= 4 is 34.3 Å². The summed E-state index contributed by atoms with van der Waals surface area (Å²) in [5.41, 5.74) is 0.975. The van der Waals surface area contributed by atoms with Gasteiger partial charge in [0.2, 0.25) is 5.90 Å². The molecule has 0 bridgehead atoms. The third kappa shape index (κ3) is 3.89. The van der Waals surface area contributed by atoms with Crippen molar-refractivity contribution < 1.29 is 19.0 Å². The molecule has 3 heterocycles. The Kier molecular flexibility index (Phi) is 5.22. The summed E-state index contributed by atoms with van der Waals surface area (Å²) in [6.45, 7) is 5.69. The van der Waals surface area contributed by atoms with Crippen LogP contribution in [0.3, 0.4) is 0 Å². The Balaban J connectivity index is 1.57. The molecule has 2 aliphatic heterocycles. The minimum Gasteiger partial charge on any atom is -0.493 e. The first-order chi connectivity index (χ1) is 13.2. The van der Waals surface area contributed by atoms with Gasteiger partial charge in [-0.3, -0.25) is 0 Å². The Labute approximate surface area is 161 Å². The van der Waals surface area contributed by atoms with Crippen LogP contribution < -0.4 is 9.64 Å². The zero-order valence-electron chi connectivity index (χ0n) is 15.0. The molecule has 1 aromatic carbocycles. The van der Waals surface area contributed by atoms with Crippen molar-refractivity contribution in [3.63, 3.8) is 0 Å². The quantitative estimate of drug-likeness (QED) is 0.585. The molecule has 0 atom stereocenters. The molecule has 0 saturated carbocycles. The maximum Gasteiger partial charge on any atom is 0.363 e. The van der Waals surface area contributed by atoms with E-state index in [4.69, 9.17) is 14.2 Å². The van der Waals surface area contributed by atoms with Crippen LogP contribution in [0.25, 0.3) is 6.08 Å². The monoisotopic (exact) mass is 384 g/mol. The van der Waals surface area contributed by atoms with E-state index in [9.17, 15) is 4.79 Å². The van der Waals surface area contributed by atoms with E-state index in [0.717, 1.165) is 31.2 Å². The molecule has 1 saturated heterocycles. The summed E-state index contributed by atoms with van der Waals surface area (Å²) >= 11 is 1.63. The van der Waals surface area contributed by atoms with Crippen LogP contribution in [0.1, 0.15) is 17.4 Å². The van der Waals surface area contributed by atoms with E-state index in [1.165, 1.54) is 5.00 Å². The molecule has 0 N–H and O–H groups in total. The first-order valence-corrected chi connectivity index (χ1v) is 9.73. The number of cyclic esters (lactones) is 1. The van der Waals surface area contributed by atoms with Gasteiger partial charge >= 0.3 is 5.97 Å². The number of anilines is 1. The third-order valence-corrected chi connectivity index (χ3v) is 5.35. The summed E-state index contributed by atoms with van der Waals surface area (Å²) in [4.78, 5) is 19.9. The van der Waals surface area contributed by atoms with Gasteiger partial charge in [-0.1, -0.05) is 12.1 Å². The Bertz CT molecular complexity index is 897. The Morgan fingerprint density at radius 2 is 2.04 bits per heavy atom. The zero-order chi connectivity index (χ0) is 18.6. The molecule has 0 unspecified atom stereocenters. The number of nitrogens with zero attached hydrogens (tertiary/aromatic N) is 2. The van der Waals surface area contributed by atoms with Gasteiger partial charge in [-0.15, -0.1) is 11.3 Å². The van der Waals surface area contributed by atoms with Crippen LogP contribution >= 0.6 is 11.3 Å². The minimum absolute atomic E-state index is 0.278. The Morgan fingerprint density at radius 1 is 1.22 bits per heavy atom. The van der Waals surface area contributed by atoms with Gasteiger partial charge in [0.1, 0.15) is 5.75 Å². The summed E-state index contributed by atoms with van der Waals surface area (Å²) in [5.74, 6) is 0.483. The predicted molar refractivity (Wildman–Crippen MR) is 106 cm³/mol. The van der Waals surface area contributed by atoms with Crippen molar-refractivity contribution in [3.8, 4) is 5.75 Å². The van der Waals surface area contributed by atoms with E-state index in [0.29, 0.717) is 23.6 Å². The zero-order valence-corrected chi connectivity index (χ0v) is 15.8. The molecular weight excluding hydrogens is 364 g/mol. The van der Waals surface area contributed by atoms with Crippen molar-refractivity contribution in [2.24, 2.45) is 4.99 Å². The highest BCUT2D eigenvalue weighted by Gasteiger charge is 2.26. The van der Waals surface area contributed by atoms with Crippen molar-refractivity contribution in [1.82, 2.24) is 0 Å². The first-order valence-electron chi connectivity index (χ1n) is 8.92. The summed E-state index contributed by atoms with van der Waals surface area (Å²) in [6.07, 6.45) is 1.77. The van der Waals surface area contributed by atoms with Gasteiger partial charge in [0, 0.05) is 18.0 Å². The Morgan fingerprint density at radius 3 is 2.85 bits per heavy atom. The summed E-state index contributed by atoms with van der Waals surface area (Å²) in [5, 5.41) is 1.17. The van der Waals surface area contributed by atoms with Crippen LogP contribution in [0.5, 0.6) is 5.75 Å². The van der Waals surface area contributed by atoms with Gasteiger partial charge in [-0.25, -0.2) is 9.79 Å². The number of benzene rings is 1. The number of hydrogen-bond donors (Lipinski definition) is 0. The molecule has 6 nitrogen and oxygen atoms in total. The molecule has 0 aliphatic carbocycles. The number of carbonyl (C=O) groups is 1. The topological polar surface area (TPSA) is 60.4 Å². The largest absolute Gasteiger partial charge is 0.493 e.